The molecule has 3 aromatic carbocycles. The third-order valence-electron chi connectivity index (χ3n) is 5.31. The van der Waals surface area contributed by atoms with E-state index in [1.807, 2.05) is 68.6 Å². The zero-order valence-corrected chi connectivity index (χ0v) is 16.7. The van der Waals surface area contributed by atoms with Crippen molar-refractivity contribution in [2.45, 2.75) is 19.8 Å². The number of H-pyrrole nitrogens is 1. The number of carbonyl (C=O) groups is 1. The van der Waals surface area contributed by atoms with Crippen molar-refractivity contribution >= 4 is 22.6 Å². The minimum absolute atomic E-state index is 0.0525. The molecule has 1 aromatic heterocycles. The van der Waals surface area contributed by atoms with Crippen LogP contribution in [0.4, 0.5) is 10.5 Å². The molecule has 0 unspecified atom stereocenters. The predicted octanol–water partition coefficient (Wildman–Crippen LogP) is 5.74. The Hall–Kier alpha value is -3.53. The van der Waals surface area contributed by atoms with Crippen LogP contribution < -0.4 is 10.6 Å². The zero-order valence-electron chi connectivity index (χ0n) is 16.7. The Morgan fingerprint density at radius 1 is 0.966 bits per heavy atom. The van der Waals surface area contributed by atoms with Gasteiger partial charge in [-0.1, -0.05) is 60.7 Å². The first-order valence-corrected chi connectivity index (χ1v) is 9.85. The molecule has 146 valence electrons. The van der Waals surface area contributed by atoms with E-state index in [9.17, 15) is 4.79 Å². The highest BCUT2D eigenvalue weighted by atomic mass is 16.2. The number of hydrogen-bond acceptors (Lipinski definition) is 1. The second-order valence-corrected chi connectivity index (χ2v) is 7.41. The normalized spacial score (nSPS) is 11.9. The van der Waals surface area contributed by atoms with Crippen LogP contribution in [0.15, 0.2) is 79.0 Å². The minimum atomic E-state index is -0.195. The Morgan fingerprint density at radius 2 is 1.72 bits per heavy atom. The van der Waals surface area contributed by atoms with Gasteiger partial charge in [0.05, 0.1) is 0 Å². The molecule has 4 nitrogen and oxygen atoms in total. The van der Waals surface area contributed by atoms with Crippen LogP contribution in [0.25, 0.3) is 10.9 Å². The van der Waals surface area contributed by atoms with Crippen molar-refractivity contribution in [3.63, 3.8) is 0 Å². The van der Waals surface area contributed by atoms with Gasteiger partial charge in [0.15, 0.2) is 0 Å². The third-order valence-corrected chi connectivity index (χ3v) is 5.31. The standard InChI is InChI=1S/C25H25N3O/c1-17-12-13-18(2)24(14-17)28-25(29)27-15-21(19-8-4-3-5-9-19)22-16-26-23-11-7-6-10-20(22)23/h3-14,16,21,26H,15H2,1-2H3,(H2,27,28,29)/t21-/m1/s1. The maximum atomic E-state index is 12.6. The van der Waals surface area contributed by atoms with Gasteiger partial charge in [-0.3, -0.25) is 0 Å². The lowest BCUT2D eigenvalue weighted by atomic mass is 9.91. The topological polar surface area (TPSA) is 56.9 Å². The van der Waals surface area contributed by atoms with Gasteiger partial charge in [-0.15, -0.1) is 0 Å². The van der Waals surface area contributed by atoms with Crippen LogP contribution in [0, 0.1) is 13.8 Å². The maximum absolute atomic E-state index is 12.6. The summed E-state index contributed by atoms with van der Waals surface area (Å²) in [5, 5.41) is 7.23. The van der Waals surface area contributed by atoms with E-state index in [1.165, 1.54) is 16.5 Å². The first-order chi connectivity index (χ1) is 14.1. The second kappa shape index (κ2) is 8.23. The summed E-state index contributed by atoms with van der Waals surface area (Å²) in [6.45, 7) is 4.52. The molecule has 0 saturated heterocycles. The highest BCUT2D eigenvalue weighted by Gasteiger charge is 2.19. The number of amides is 2. The molecular weight excluding hydrogens is 358 g/mol. The van der Waals surface area contributed by atoms with Crippen molar-refractivity contribution in [2.75, 3.05) is 11.9 Å². The van der Waals surface area contributed by atoms with Gasteiger partial charge in [0.25, 0.3) is 0 Å². The molecule has 0 aliphatic carbocycles. The van der Waals surface area contributed by atoms with E-state index in [2.05, 4.69) is 39.9 Å². The van der Waals surface area contributed by atoms with Crippen molar-refractivity contribution in [1.82, 2.24) is 10.3 Å². The van der Waals surface area contributed by atoms with Crippen LogP contribution in [0.1, 0.15) is 28.2 Å². The molecule has 4 rings (SSSR count). The highest BCUT2D eigenvalue weighted by molar-refractivity contribution is 5.90. The predicted molar refractivity (Wildman–Crippen MR) is 120 cm³/mol. The average Bonchev–Trinajstić information content (AvgIpc) is 3.16. The SMILES string of the molecule is Cc1ccc(C)c(NC(=O)NC[C@H](c2ccccc2)c2c[nH]c3ccccc23)c1. The number of fused-ring (bicyclic) bond motifs is 1. The Labute approximate surface area is 171 Å². The van der Waals surface area contributed by atoms with Gasteiger partial charge in [-0.05, 0) is 48.2 Å². The van der Waals surface area contributed by atoms with Gasteiger partial charge < -0.3 is 15.6 Å². The molecule has 1 heterocycles. The largest absolute Gasteiger partial charge is 0.361 e. The summed E-state index contributed by atoms with van der Waals surface area (Å²) in [5.41, 5.74) is 6.45. The molecule has 29 heavy (non-hydrogen) atoms. The third kappa shape index (κ3) is 4.16. The van der Waals surface area contributed by atoms with Crippen LogP contribution in [0.2, 0.25) is 0 Å². The number of rotatable bonds is 5. The first kappa shape index (κ1) is 18.8. The van der Waals surface area contributed by atoms with Crippen LogP contribution >= 0.6 is 0 Å². The van der Waals surface area contributed by atoms with E-state index < -0.39 is 0 Å². The number of urea groups is 1. The van der Waals surface area contributed by atoms with Gasteiger partial charge in [0.1, 0.15) is 0 Å². The van der Waals surface area contributed by atoms with E-state index in [-0.39, 0.29) is 11.9 Å². The van der Waals surface area contributed by atoms with Crippen molar-refractivity contribution < 1.29 is 4.79 Å². The molecule has 2 amide bonds. The number of nitrogens with one attached hydrogen (secondary N) is 3. The summed E-state index contributed by atoms with van der Waals surface area (Å²) >= 11 is 0. The molecule has 0 aliphatic rings. The molecule has 0 radical (unpaired) electrons. The molecular formula is C25H25N3O. The van der Waals surface area contributed by atoms with Crippen LogP contribution in [-0.2, 0) is 0 Å². The van der Waals surface area contributed by atoms with Crippen LogP contribution in [0.3, 0.4) is 0 Å². The zero-order chi connectivity index (χ0) is 20.2. The summed E-state index contributed by atoms with van der Waals surface area (Å²) in [5.74, 6) is 0.0525. The average molecular weight is 383 g/mol. The Balaban J connectivity index is 1.56. The number of aromatic amines is 1. The van der Waals surface area contributed by atoms with E-state index in [4.69, 9.17) is 0 Å². The molecule has 0 saturated carbocycles. The summed E-state index contributed by atoms with van der Waals surface area (Å²) in [6, 6.07) is 24.4. The van der Waals surface area contributed by atoms with Crippen molar-refractivity contribution in [3.05, 3.63) is 101 Å². The lowest BCUT2D eigenvalue weighted by Crippen LogP contribution is -2.33. The van der Waals surface area contributed by atoms with Gasteiger partial charge >= 0.3 is 6.03 Å². The number of aromatic nitrogens is 1. The first-order valence-electron chi connectivity index (χ1n) is 9.85. The Bertz CT molecular complexity index is 1130. The van der Waals surface area contributed by atoms with Crippen molar-refractivity contribution in [2.24, 2.45) is 0 Å². The summed E-state index contributed by atoms with van der Waals surface area (Å²) < 4.78 is 0. The number of hydrogen-bond donors (Lipinski definition) is 3. The van der Waals surface area contributed by atoms with Gasteiger partial charge in [-0.2, -0.15) is 0 Å². The molecule has 0 bridgehead atoms. The number of carbonyl (C=O) groups excluding carboxylic acids is 1. The Kier molecular flexibility index (Phi) is 5.34. The summed E-state index contributed by atoms with van der Waals surface area (Å²) in [6.07, 6.45) is 2.05. The van der Waals surface area contributed by atoms with Crippen LogP contribution in [0.5, 0.6) is 0 Å². The lowest BCUT2D eigenvalue weighted by Gasteiger charge is -2.19. The van der Waals surface area contributed by atoms with Gasteiger partial charge in [0, 0.05) is 35.2 Å². The molecule has 0 fully saturated rings. The lowest BCUT2D eigenvalue weighted by molar-refractivity contribution is 0.252. The smallest absolute Gasteiger partial charge is 0.319 e. The number of para-hydroxylation sites is 1. The minimum Gasteiger partial charge on any atom is -0.361 e. The van der Waals surface area contributed by atoms with Gasteiger partial charge in [0.2, 0.25) is 0 Å². The summed E-state index contributed by atoms with van der Waals surface area (Å²) in [4.78, 5) is 16.0. The fourth-order valence-electron chi connectivity index (χ4n) is 3.71. The molecule has 4 aromatic rings. The molecule has 0 spiro atoms. The van der Waals surface area contributed by atoms with Crippen molar-refractivity contribution in [1.29, 1.82) is 0 Å². The second-order valence-electron chi connectivity index (χ2n) is 7.41. The van der Waals surface area contributed by atoms with E-state index in [0.717, 1.165) is 22.3 Å². The monoisotopic (exact) mass is 383 g/mol. The molecule has 3 N–H and O–H groups in total. The molecule has 0 aliphatic heterocycles. The number of anilines is 1. The van der Waals surface area contributed by atoms with Crippen LogP contribution in [-0.4, -0.2) is 17.6 Å². The van der Waals surface area contributed by atoms with Crippen molar-refractivity contribution in [3.8, 4) is 0 Å². The van der Waals surface area contributed by atoms with Gasteiger partial charge in [-0.25, -0.2) is 4.79 Å². The fourth-order valence-corrected chi connectivity index (χ4v) is 3.71. The number of aryl methyl sites for hydroxylation is 2. The quantitative estimate of drug-likeness (QED) is 0.404. The maximum Gasteiger partial charge on any atom is 0.319 e. The highest BCUT2D eigenvalue weighted by Crippen LogP contribution is 2.30. The number of benzene rings is 3. The van der Waals surface area contributed by atoms with E-state index in [1.54, 1.807) is 0 Å². The Morgan fingerprint density at radius 3 is 2.55 bits per heavy atom. The van der Waals surface area contributed by atoms with E-state index >= 15 is 0 Å². The fraction of sp³-hybridized carbons (Fsp3) is 0.160. The summed E-state index contributed by atoms with van der Waals surface area (Å²) in [7, 11) is 0. The van der Waals surface area contributed by atoms with E-state index in [0.29, 0.717) is 6.54 Å². The molecule has 1 atom stereocenters. The molecule has 4 heteroatoms.